The van der Waals surface area contributed by atoms with Gasteiger partial charge in [0.25, 0.3) is 0 Å². The molecule has 1 aliphatic carbocycles. The molecule has 5 heterocycles. The molecule has 6 rings (SSSR count). The highest BCUT2D eigenvalue weighted by molar-refractivity contribution is 6.21. The van der Waals surface area contributed by atoms with E-state index in [1.54, 1.807) is 62.3 Å². The van der Waals surface area contributed by atoms with E-state index in [4.69, 9.17) is 33.9 Å². The first-order valence-corrected chi connectivity index (χ1v) is 27.6. The van der Waals surface area contributed by atoms with E-state index < -0.39 is 40.2 Å². The molecule has 8 bridgehead atoms. The first-order chi connectivity index (χ1) is 35.0. The lowest BCUT2D eigenvalue weighted by Crippen LogP contribution is -2.50. The van der Waals surface area contributed by atoms with Crippen LogP contribution < -0.4 is 10.6 Å². The molecule has 3 atom stereocenters. The molecule has 75 heavy (non-hydrogen) atoms. The van der Waals surface area contributed by atoms with Crippen LogP contribution in [0.3, 0.4) is 0 Å². The Morgan fingerprint density at radius 1 is 0.733 bits per heavy atom. The molecule has 0 radical (unpaired) electrons. The lowest BCUT2D eigenvalue weighted by atomic mass is 9.82. The number of aliphatic imine (C=N–C) groups is 3. The summed E-state index contributed by atoms with van der Waals surface area (Å²) < 4.78 is 23.7. The molecular weight excluding hydrogens is 947 g/mol. The number of aliphatic hydroxyl groups is 1. The summed E-state index contributed by atoms with van der Waals surface area (Å²) in [6, 6.07) is 0. The van der Waals surface area contributed by atoms with Crippen molar-refractivity contribution >= 4 is 41.0 Å². The van der Waals surface area contributed by atoms with E-state index in [1.807, 2.05) is 13.0 Å². The summed E-state index contributed by atoms with van der Waals surface area (Å²) in [5, 5.41) is 18.9. The van der Waals surface area contributed by atoms with E-state index in [0.29, 0.717) is 18.7 Å². The molecule has 1 saturated heterocycles. The number of ether oxygens (including phenoxy) is 4. The Morgan fingerprint density at radius 3 is 1.84 bits per heavy atom. The molecule has 0 aromatic carbocycles. The van der Waals surface area contributed by atoms with Crippen LogP contribution in [-0.2, 0) is 38.1 Å². The minimum atomic E-state index is -1.18. The lowest BCUT2D eigenvalue weighted by molar-refractivity contribution is -0.155. The summed E-state index contributed by atoms with van der Waals surface area (Å²) in [6.45, 7) is 31.6. The van der Waals surface area contributed by atoms with Crippen LogP contribution in [0.1, 0.15) is 201 Å². The van der Waals surface area contributed by atoms with Gasteiger partial charge in [0.2, 0.25) is 5.91 Å². The number of carbonyl (C=O) groups is 4. The van der Waals surface area contributed by atoms with Crippen molar-refractivity contribution in [2.75, 3.05) is 6.61 Å². The monoisotopic (exact) mass is 1030 g/mol. The number of nitrogens with zero attached hydrogens (tertiary/aromatic N) is 3. The Morgan fingerprint density at radius 2 is 1.29 bits per heavy atom. The van der Waals surface area contributed by atoms with Crippen LogP contribution >= 0.6 is 0 Å². The second-order valence-electron chi connectivity index (χ2n) is 24.2. The molecule has 0 aromatic heterocycles. The normalized spacial score (nSPS) is 20.2. The quantitative estimate of drug-likeness (QED) is 0.0567. The Hall–Kier alpha value is -5.63. The van der Waals surface area contributed by atoms with E-state index in [-0.39, 0.29) is 81.0 Å². The minimum Gasteiger partial charge on any atom is -0.511 e. The number of aliphatic hydroxyl groups excluding tert-OH is 1. The van der Waals surface area contributed by atoms with Crippen molar-refractivity contribution in [1.29, 1.82) is 0 Å². The maximum atomic E-state index is 14.8. The fourth-order valence-corrected chi connectivity index (χ4v) is 10.9. The van der Waals surface area contributed by atoms with E-state index in [0.717, 1.165) is 105 Å². The standard InChI is InChI=1S/C61H87N5O9/c1-17-19-20-21-30-72-39(7)54-37(5)45-32-44-36(4)41(56(64-44)42-31-49(67)55-38(6)46(65-57(42)55)33-47-40(18-2)35(3)43(62-47)34-48(54)63-45)22-23-50(68)66-61(27-24-51(69)73-58(8,9)10,28-25-52(70)74-59(11,12)13)29-26-53(71)75-60(14,15)16/h32-34,36,39,41,64,67H,17-31H2,1-16H3,(H,66,68)/t36?,39?,41-/m0/s1. The predicted octanol–water partition coefficient (Wildman–Crippen LogP) is 12.6. The van der Waals surface area contributed by atoms with Crippen LogP contribution in [0.2, 0.25) is 0 Å². The van der Waals surface area contributed by atoms with E-state index in [1.165, 1.54) is 6.42 Å². The van der Waals surface area contributed by atoms with Gasteiger partial charge >= 0.3 is 17.9 Å². The van der Waals surface area contributed by atoms with Crippen LogP contribution in [0, 0.1) is 11.8 Å². The summed E-state index contributed by atoms with van der Waals surface area (Å²) >= 11 is 0. The van der Waals surface area contributed by atoms with Gasteiger partial charge in [-0.15, -0.1) is 0 Å². The zero-order valence-electron chi connectivity index (χ0n) is 48.1. The smallest absolute Gasteiger partial charge is 0.306 e. The van der Waals surface area contributed by atoms with Crippen LogP contribution in [0.4, 0.5) is 0 Å². The van der Waals surface area contributed by atoms with Crippen molar-refractivity contribution in [3.63, 3.8) is 0 Å². The molecule has 6 aliphatic rings. The van der Waals surface area contributed by atoms with Gasteiger partial charge in [-0.25, -0.2) is 15.0 Å². The number of fused-ring (bicyclic) bond motifs is 5. The van der Waals surface area contributed by atoms with Crippen molar-refractivity contribution in [2.24, 2.45) is 26.8 Å². The molecule has 14 heteroatoms. The third-order valence-corrected chi connectivity index (χ3v) is 14.6. The maximum absolute atomic E-state index is 14.8. The van der Waals surface area contributed by atoms with Gasteiger partial charge in [-0.3, -0.25) is 19.2 Å². The molecule has 14 nitrogen and oxygen atoms in total. The summed E-state index contributed by atoms with van der Waals surface area (Å²) in [5.74, 6) is -1.79. The third kappa shape index (κ3) is 14.9. The molecule has 1 fully saturated rings. The number of hydrogen-bond acceptors (Lipinski definition) is 13. The number of allylic oxidation sites excluding steroid dienone is 11. The highest BCUT2D eigenvalue weighted by Gasteiger charge is 2.43. The predicted molar refractivity (Wildman–Crippen MR) is 297 cm³/mol. The molecule has 5 aliphatic heterocycles. The number of hydrogen-bond donors (Lipinski definition) is 3. The van der Waals surface area contributed by atoms with Crippen molar-refractivity contribution in [2.45, 2.75) is 229 Å². The highest BCUT2D eigenvalue weighted by Crippen LogP contribution is 2.47. The second-order valence-corrected chi connectivity index (χ2v) is 24.2. The lowest BCUT2D eigenvalue weighted by Gasteiger charge is -2.36. The van der Waals surface area contributed by atoms with Crippen LogP contribution in [0.15, 0.2) is 106 Å². The van der Waals surface area contributed by atoms with Crippen LogP contribution in [-0.4, -0.2) is 81.1 Å². The Bertz CT molecular complexity index is 2580. The molecule has 0 saturated carbocycles. The first-order valence-electron chi connectivity index (χ1n) is 27.6. The fourth-order valence-electron chi connectivity index (χ4n) is 10.9. The Kier molecular flexibility index (Phi) is 18.5. The molecule has 2 unspecified atom stereocenters. The highest BCUT2D eigenvalue weighted by atomic mass is 16.6. The largest absolute Gasteiger partial charge is 0.511 e. The van der Waals surface area contributed by atoms with E-state index in [9.17, 15) is 24.3 Å². The summed E-state index contributed by atoms with van der Waals surface area (Å²) in [4.78, 5) is 70.5. The van der Waals surface area contributed by atoms with Gasteiger partial charge in [0.1, 0.15) is 22.6 Å². The summed E-state index contributed by atoms with van der Waals surface area (Å²) in [5.41, 5.74) is 9.88. The van der Waals surface area contributed by atoms with Gasteiger partial charge in [-0.2, -0.15) is 0 Å². The molecule has 1 amide bonds. The zero-order chi connectivity index (χ0) is 55.4. The van der Waals surface area contributed by atoms with Gasteiger partial charge < -0.3 is 34.7 Å². The van der Waals surface area contributed by atoms with Crippen LogP contribution in [0.5, 0.6) is 0 Å². The molecule has 410 valence electrons. The minimum absolute atomic E-state index is 0.0649. The Labute approximate surface area is 447 Å². The number of carbonyl (C=O) groups excluding carboxylic acids is 4. The molecule has 0 aromatic rings. The average molecular weight is 1030 g/mol. The second kappa shape index (κ2) is 23.7. The number of unbranched alkanes of at least 4 members (excludes halogenated alkanes) is 3. The van der Waals surface area contributed by atoms with Gasteiger partial charge in [0.05, 0.1) is 40.3 Å². The van der Waals surface area contributed by atoms with Gasteiger partial charge in [0.15, 0.2) is 0 Å². The van der Waals surface area contributed by atoms with Crippen molar-refractivity contribution < 1.29 is 43.2 Å². The van der Waals surface area contributed by atoms with Crippen molar-refractivity contribution in [3.05, 3.63) is 91.5 Å². The van der Waals surface area contributed by atoms with Gasteiger partial charge in [-0.05, 0) is 169 Å². The third-order valence-electron chi connectivity index (χ3n) is 14.6. The number of esters is 3. The van der Waals surface area contributed by atoms with Crippen molar-refractivity contribution in [1.82, 2.24) is 10.6 Å². The van der Waals surface area contributed by atoms with Crippen LogP contribution in [0.25, 0.3) is 0 Å². The number of amides is 1. The van der Waals surface area contributed by atoms with Gasteiger partial charge in [-0.1, -0.05) is 40.0 Å². The Balaban J connectivity index is 1.40. The SMILES string of the molecule is CCCCCCOC(C)C1=C(C)C2=NC1=CC1=NC(=CC3=C(C)C4=C(O)CC(=C5NC(=C2)C(C)[C@@H]5CCC(=O)NC(CCC(=O)OC(C)(C)C)(CCC(=O)OC(C)(C)C)CCC(=O)OC(C)(C)C)C4=N3)C(CC)=C1C. The summed E-state index contributed by atoms with van der Waals surface area (Å²) in [6.07, 6.45) is 12.1. The number of rotatable bonds is 21. The van der Waals surface area contributed by atoms with E-state index >= 15 is 0 Å². The first kappa shape index (κ1) is 58.6. The van der Waals surface area contributed by atoms with E-state index in [2.05, 4.69) is 64.3 Å². The van der Waals surface area contributed by atoms with Gasteiger partial charge in [0, 0.05) is 84.2 Å². The topological polar surface area (TPSA) is 187 Å². The zero-order valence-corrected chi connectivity index (χ0v) is 48.1. The molecule has 0 spiro atoms. The fraction of sp³-hybridized carbons (Fsp3) is 0.623. The molecular formula is C61H87N5O9. The average Bonchev–Trinajstić information content (AvgIpc) is 4.06. The summed E-state index contributed by atoms with van der Waals surface area (Å²) in [7, 11) is 0. The maximum Gasteiger partial charge on any atom is 0.306 e. The number of nitrogens with one attached hydrogen (secondary N) is 2. The molecule has 3 N–H and O–H groups in total. The van der Waals surface area contributed by atoms with Crippen molar-refractivity contribution in [3.8, 4) is 0 Å².